The highest BCUT2D eigenvalue weighted by atomic mass is 19.1. The van der Waals surface area contributed by atoms with Crippen LogP contribution in [0.1, 0.15) is 27.8 Å². The van der Waals surface area contributed by atoms with Gasteiger partial charge in [-0.3, -0.25) is 4.79 Å². The van der Waals surface area contributed by atoms with Gasteiger partial charge in [-0.2, -0.15) is 0 Å². The Labute approximate surface area is 108 Å². The molecule has 0 spiro atoms. The number of furan rings is 1. The highest BCUT2D eigenvalue weighted by Gasteiger charge is 2.15. The van der Waals surface area contributed by atoms with Gasteiger partial charge in [-0.25, -0.2) is 9.18 Å². The summed E-state index contributed by atoms with van der Waals surface area (Å²) in [6.07, 6.45) is 0.569. The van der Waals surface area contributed by atoms with E-state index in [1.165, 1.54) is 18.2 Å². The molecule has 0 amide bonds. The molecule has 0 radical (unpaired) electrons. The molecule has 98 valence electrons. The van der Waals surface area contributed by atoms with Gasteiger partial charge in [0.2, 0.25) is 0 Å². The highest BCUT2D eigenvalue weighted by Crippen LogP contribution is 2.24. The molecule has 0 bridgehead atoms. The number of aldehydes is 1. The van der Waals surface area contributed by atoms with E-state index >= 15 is 0 Å². The van der Waals surface area contributed by atoms with Crippen LogP contribution in [0.15, 0.2) is 34.7 Å². The number of ether oxygens (including phenoxy) is 1. The Morgan fingerprint density at radius 2 is 2.16 bits per heavy atom. The van der Waals surface area contributed by atoms with Gasteiger partial charge < -0.3 is 9.15 Å². The SMILES string of the molecule is CCOC(=O)c1cc(-c2ccc(C=O)o2)ccc1F. The van der Waals surface area contributed by atoms with Crippen molar-refractivity contribution >= 4 is 12.3 Å². The third-order valence-corrected chi connectivity index (χ3v) is 2.49. The summed E-state index contributed by atoms with van der Waals surface area (Å²) in [5, 5.41) is 0. The lowest BCUT2D eigenvalue weighted by Gasteiger charge is -2.05. The molecular weight excluding hydrogens is 251 g/mol. The van der Waals surface area contributed by atoms with E-state index in [9.17, 15) is 14.0 Å². The third-order valence-electron chi connectivity index (χ3n) is 2.49. The van der Waals surface area contributed by atoms with Crippen molar-refractivity contribution in [2.75, 3.05) is 6.61 Å². The van der Waals surface area contributed by atoms with Crippen LogP contribution in [0.25, 0.3) is 11.3 Å². The molecule has 0 aliphatic heterocycles. The zero-order valence-corrected chi connectivity index (χ0v) is 10.2. The number of carbonyl (C=O) groups excluding carboxylic acids is 2. The number of hydrogen-bond donors (Lipinski definition) is 0. The van der Waals surface area contributed by atoms with Crippen molar-refractivity contribution in [2.45, 2.75) is 6.92 Å². The van der Waals surface area contributed by atoms with E-state index in [1.807, 2.05) is 0 Å². The molecule has 1 aromatic carbocycles. The van der Waals surface area contributed by atoms with Crippen LogP contribution in [0, 0.1) is 5.82 Å². The van der Waals surface area contributed by atoms with E-state index in [0.29, 0.717) is 17.6 Å². The minimum atomic E-state index is -0.732. The van der Waals surface area contributed by atoms with Crippen LogP contribution in [0.4, 0.5) is 4.39 Å². The zero-order chi connectivity index (χ0) is 13.8. The largest absolute Gasteiger partial charge is 0.462 e. The molecule has 5 heteroatoms. The standard InChI is InChI=1S/C14H11FO4/c1-2-18-14(17)11-7-9(3-5-12(11)15)13-6-4-10(8-16)19-13/h3-8H,2H2,1H3. The predicted molar refractivity (Wildman–Crippen MR) is 65.4 cm³/mol. The first-order chi connectivity index (χ1) is 9.15. The van der Waals surface area contributed by atoms with Crippen molar-refractivity contribution < 1.29 is 23.1 Å². The van der Waals surface area contributed by atoms with Crippen LogP contribution in [0.2, 0.25) is 0 Å². The lowest BCUT2D eigenvalue weighted by molar-refractivity contribution is 0.0521. The van der Waals surface area contributed by atoms with Crippen molar-refractivity contribution in [3.05, 3.63) is 47.5 Å². The third kappa shape index (κ3) is 2.70. The van der Waals surface area contributed by atoms with Crippen molar-refractivity contribution in [2.24, 2.45) is 0 Å². The van der Waals surface area contributed by atoms with Crippen molar-refractivity contribution in [1.82, 2.24) is 0 Å². The summed E-state index contributed by atoms with van der Waals surface area (Å²) in [5.41, 5.74) is 0.334. The summed E-state index contributed by atoms with van der Waals surface area (Å²) in [4.78, 5) is 22.1. The minimum Gasteiger partial charge on any atom is -0.462 e. The van der Waals surface area contributed by atoms with Crippen molar-refractivity contribution in [3.63, 3.8) is 0 Å². The van der Waals surface area contributed by atoms with Gasteiger partial charge in [-0.05, 0) is 37.3 Å². The van der Waals surface area contributed by atoms with Crippen LogP contribution in [-0.2, 0) is 4.74 Å². The summed E-state index contributed by atoms with van der Waals surface area (Å²) >= 11 is 0. The van der Waals surface area contributed by atoms with E-state index < -0.39 is 11.8 Å². The molecule has 0 fully saturated rings. The minimum absolute atomic E-state index is 0.164. The molecule has 4 nitrogen and oxygen atoms in total. The lowest BCUT2D eigenvalue weighted by atomic mass is 10.1. The van der Waals surface area contributed by atoms with E-state index in [2.05, 4.69) is 0 Å². The van der Waals surface area contributed by atoms with Crippen LogP contribution < -0.4 is 0 Å². The topological polar surface area (TPSA) is 56.5 Å². The summed E-state index contributed by atoms with van der Waals surface area (Å²) in [6.45, 7) is 1.81. The molecule has 2 aromatic rings. The Morgan fingerprint density at radius 1 is 1.37 bits per heavy atom. The lowest BCUT2D eigenvalue weighted by Crippen LogP contribution is -2.07. The molecule has 1 aromatic heterocycles. The second-order valence-corrected chi connectivity index (χ2v) is 3.73. The van der Waals surface area contributed by atoms with Gasteiger partial charge in [0.15, 0.2) is 12.0 Å². The molecule has 0 saturated carbocycles. The Morgan fingerprint density at radius 3 is 2.79 bits per heavy atom. The van der Waals surface area contributed by atoms with E-state index in [0.717, 1.165) is 6.07 Å². The van der Waals surface area contributed by atoms with Gasteiger partial charge in [0.25, 0.3) is 0 Å². The average Bonchev–Trinajstić information content (AvgIpc) is 2.88. The maximum absolute atomic E-state index is 13.5. The normalized spacial score (nSPS) is 10.2. The van der Waals surface area contributed by atoms with Gasteiger partial charge in [0.1, 0.15) is 11.6 Å². The van der Waals surface area contributed by atoms with Crippen LogP contribution in [0.3, 0.4) is 0 Å². The summed E-state index contributed by atoms with van der Waals surface area (Å²) in [5.74, 6) is -0.849. The number of esters is 1. The molecule has 19 heavy (non-hydrogen) atoms. The first-order valence-corrected chi connectivity index (χ1v) is 5.67. The van der Waals surface area contributed by atoms with E-state index in [4.69, 9.17) is 9.15 Å². The number of benzene rings is 1. The Bertz CT molecular complexity index is 616. The number of hydrogen-bond acceptors (Lipinski definition) is 4. The molecule has 0 atom stereocenters. The Kier molecular flexibility index (Phi) is 3.75. The number of rotatable bonds is 4. The Balaban J connectivity index is 2.40. The molecule has 1 heterocycles. The molecular formula is C14H11FO4. The molecule has 0 N–H and O–H groups in total. The fourth-order valence-corrected chi connectivity index (χ4v) is 1.62. The predicted octanol–water partition coefficient (Wildman–Crippen LogP) is 3.07. The highest BCUT2D eigenvalue weighted by molar-refractivity contribution is 5.91. The fraction of sp³-hybridized carbons (Fsp3) is 0.143. The van der Waals surface area contributed by atoms with Gasteiger partial charge in [-0.1, -0.05) is 0 Å². The number of halogens is 1. The van der Waals surface area contributed by atoms with Gasteiger partial charge >= 0.3 is 5.97 Å². The summed E-state index contributed by atoms with van der Waals surface area (Å²) in [7, 11) is 0. The maximum Gasteiger partial charge on any atom is 0.341 e. The molecule has 0 saturated heterocycles. The smallest absolute Gasteiger partial charge is 0.341 e. The first kappa shape index (κ1) is 13.0. The quantitative estimate of drug-likeness (QED) is 0.627. The first-order valence-electron chi connectivity index (χ1n) is 5.67. The summed E-state index contributed by atoms with van der Waals surface area (Å²) < 4.78 is 23.5. The molecule has 0 aliphatic carbocycles. The molecule has 0 aliphatic rings. The van der Waals surface area contributed by atoms with Crippen LogP contribution >= 0.6 is 0 Å². The molecule has 0 unspecified atom stereocenters. The second kappa shape index (κ2) is 5.48. The van der Waals surface area contributed by atoms with Crippen LogP contribution in [-0.4, -0.2) is 18.9 Å². The average molecular weight is 262 g/mol. The van der Waals surface area contributed by atoms with E-state index in [1.54, 1.807) is 13.0 Å². The van der Waals surface area contributed by atoms with Crippen molar-refractivity contribution in [3.8, 4) is 11.3 Å². The van der Waals surface area contributed by atoms with Gasteiger partial charge in [0.05, 0.1) is 12.2 Å². The van der Waals surface area contributed by atoms with E-state index in [-0.39, 0.29) is 17.9 Å². The monoisotopic (exact) mass is 262 g/mol. The summed E-state index contributed by atoms with van der Waals surface area (Å²) in [6, 6.07) is 7.03. The van der Waals surface area contributed by atoms with Gasteiger partial charge in [-0.15, -0.1) is 0 Å². The second-order valence-electron chi connectivity index (χ2n) is 3.73. The maximum atomic E-state index is 13.5. The van der Waals surface area contributed by atoms with Crippen molar-refractivity contribution in [1.29, 1.82) is 0 Å². The Hall–Kier alpha value is -2.43. The van der Waals surface area contributed by atoms with Gasteiger partial charge in [0, 0.05) is 5.56 Å². The fourth-order valence-electron chi connectivity index (χ4n) is 1.62. The van der Waals surface area contributed by atoms with Crippen LogP contribution in [0.5, 0.6) is 0 Å². The molecule has 2 rings (SSSR count). The zero-order valence-electron chi connectivity index (χ0n) is 10.2. The number of carbonyl (C=O) groups is 2.